The SMILES string of the molecule is CCCNc1nc(C)cc(NCCC(O)COC)n1. The number of anilines is 2. The lowest BCUT2D eigenvalue weighted by atomic mass is 10.2. The monoisotopic (exact) mass is 268 g/mol. The first kappa shape index (κ1) is 15.7. The van der Waals surface area contributed by atoms with E-state index in [1.54, 1.807) is 7.11 Å². The number of nitrogens with one attached hydrogen (secondary N) is 2. The van der Waals surface area contributed by atoms with Gasteiger partial charge in [0.1, 0.15) is 5.82 Å². The van der Waals surface area contributed by atoms with Gasteiger partial charge in [-0.05, 0) is 19.8 Å². The number of ether oxygens (including phenoxy) is 1. The predicted octanol–water partition coefficient (Wildman–Crippen LogP) is 1.42. The molecule has 1 rings (SSSR count). The van der Waals surface area contributed by atoms with E-state index < -0.39 is 6.10 Å². The van der Waals surface area contributed by atoms with Crippen molar-refractivity contribution in [3.63, 3.8) is 0 Å². The minimum Gasteiger partial charge on any atom is -0.391 e. The van der Waals surface area contributed by atoms with Gasteiger partial charge in [-0.3, -0.25) is 0 Å². The standard InChI is InChI=1S/C13H24N4O2/c1-4-6-15-13-16-10(2)8-12(17-13)14-7-5-11(18)9-19-3/h8,11,18H,4-7,9H2,1-3H3,(H2,14,15,16,17). The molecule has 0 radical (unpaired) electrons. The van der Waals surface area contributed by atoms with Crippen LogP contribution in [0.1, 0.15) is 25.5 Å². The van der Waals surface area contributed by atoms with Crippen molar-refractivity contribution in [2.45, 2.75) is 32.8 Å². The molecule has 19 heavy (non-hydrogen) atoms. The van der Waals surface area contributed by atoms with Gasteiger partial charge in [-0.15, -0.1) is 0 Å². The maximum Gasteiger partial charge on any atom is 0.224 e. The summed E-state index contributed by atoms with van der Waals surface area (Å²) < 4.78 is 4.88. The molecule has 0 amide bonds. The molecule has 1 aromatic heterocycles. The summed E-state index contributed by atoms with van der Waals surface area (Å²) >= 11 is 0. The highest BCUT2D eigenvalue weighted by molar-refractivity contribution is 5.42. The Bertz CT molecular complexity index is 374. The number of methoxy groups -OCH3 is 1. The molecule has 0 bridgehead atoms. The molecule has 0 fully saturated rings. The molecule has 6 heteroatoms. The molecule has 108 valence electrons. The lowest BCUT2D eigenvalue weighted by Gasteiger charge is -2.12. The molecule has 0 aliphatic rings. The second-order valence-electron chi connectivity index (χ2n) is 4.47. The summed E-state index contributed by atoms with van der Waals surface area (Å²) in [5.41, 5.74) is 0.911. The zero-order chi connectivity index (χ0) is 14.1. The fourth-order valence-electron chi connectivity index (χ4n) is 1.62. The third-order valence-corrected chi connectivity index (χ3v) is 2.53. The van der Waals surface area contributed by atoms with Crippen molar-refractivity contribution in [3.8, 4) is 0 Å². The average molecular weight is 268 g/mol. The van der Waals surface area contributed by atoms with Crippen LogP contribution in [0.4, 0.5) is 11.8 Å². The number of hydrogen-bond acceptors (Lipinski definition) is 6. The number of aliphatic hydroxyl groups is 1. The van der Waals surface area contributed by atoms with Gasteiger partial charge in [0.2, 0.25) is 5.95 Å². The van der Waals surface area contributed by atoms with E-state index in [0.717, 1.165) is 24.5 Å². The highest BCUT2D eigenvalue weighted by Gasteiger charge is 2.04. The van der Waals surface area contributed by atoms with Crippen LogP contribution >= 0.6 is 0 Å². The van der Waals surface area contributed by atoms with E-state index in [1.165, 1.54) is 0 Å². The van der Waals surface area contributed by atoms with Gasteiger partial charge in [-0.25, -0.2) is 4.98 Å². The number of aromatic nitrogens is 2. The van der Waals surface area contributed by atoms with Gasteiger partial charge in [0, 0.05) is 32.0 Å². The molecule has 1 unspecified atom stereocenters. The minimum atomic E-state index is -0.446. The van der Waals surface area contributed by atoms with Gasteiger partial charge in [0.05, 0.1) is 12.7 Å². The van der Waals surface area contributed by atoms with Crippen molar-refractivity contribution >= 4 is 11.8 Å². The van der Waals surface area contributed by atoms with Crippen molar-refractivity contribution in [1.82, 2.24) is 9.97 Å². The van der Waals surface area contributed by atoms with Gasteiger partial charge in [-0.1, -0.05) is 6.92 Å². The van der Waals surface area contributed by atoms with Crippen LogP contribution in [0.25, 0.3) is 0 Å². The predicted molar refractivity (Wildman–Crippen MR) is 76.5 cm³/mol. The highest BCUT2D eigenvalue weighted by atomic mass is 16.5. The van der Waals surface area contributed by atoms with E-state index >= 15 is 0 Å². The molecule has 0 spiro atoms. The number of aliphatic hydroxyl groups excluding tert-OH is 1. The number of rotatable bonds is 9. The van der Waals surface area contributed by atoms with Crippen LogP contribution in [0.15, 0.2) is 6.07 Å². The van der Waals surface area contributed by atoms with E-state index in [1.807, 2.05) is 13.0 Å². The molecule has 6 nitrogen and oxygen atoms in total. The van der Waals surface area contributed by atoms with E-state index in [-0.39, 0.29) is 0 Å². The zero-order valence-electron chi connectivity index (χ0n) is 11.9. The van der Waals surface area contributed by atoms with Gasteiger partial charge in [0.25, 0.3) is 0 Å². The van der Waals surface area contributed by atoms with Gasteiger partial charge in [-0.2, -0.15) is 4.98 Å². The number of hydrogen-bond donors (Lipinski definition) is 3. The Hall–Kier alpha value is -1.40. The quantitative estimate of drug-likeness (QED) is 0.628. The van der Waals surface area contributed by atoms with Crippen molar-refractivity contribution in [3.05, 3.63) is 11.8 Å². The summed E-state index contributed by atoms with van der Waals surface area (Å²) in [4.78, 5) is 8.68. The smallest absolute Gasteiger partial charge is 0.224 e. The topological polar surface area (TPSA) is 79.3 Å². The average Bonchev–Trinajstić information content (AvgIpc) is 2.36. The maximum absolute atomic E-state index is 9.54. The van der Waals surface area contributed by atoms with E-state index in [4.69, 9.17) is 4.74 Å². The molecular formula is C13H24N4O2. The van der Waals surface area contributed by atoms with E-state index in [9.17, 15) is 5.11 Å². The van der Waals surface area contributed by atoms with Crippen molar-refractivity contribution in [2.75, 3.05) is 37.4 Å². The van der Waals surface area contributed by atoms with Crippen LogP contribution < -0.4 is 10.6 Å². The first-order chi connectivity index (χ1) is 9.15. The summed E-state index contributed by atoms with van der Waals surface area (Å²) in [5.74, 6) is 1.41. The summed E-state index contributed by atoms with van der Waals surface area (Å²) in [5, 5.41) is 15.9. The Morgan fingerprint density at radius 1 is 1.32 bits per heavy atom. The molecule has 0 saturated heterocycles. The van der Waals surface area contributed by atoms with Crippen LogP contribution in [-0.2, 0) is 4.74 Å². The van der Waals surface area contributed by atoms with Gasteiger partial charge < -0.3 is 20.5 Å². The third kappa shape index (κ3) is 6.35. The highest BCUT2D eigenvalue weighted by Crippen LogP contribution is 2.09. The van der Waals surface area contributed by atoms with Crippen LogP contribution in [0.2, 0.25) is 0 Å². The zero-order valence-corrected chi connectivity index (χ0v) is 11.9. The minimum absolute atomic E-state index is 0.355. The third-order valence-electron chi connectivity index (χ3n) is 2.53. The molecule has 3 N–H and O–H groups in total. The molecular weight excluding hydrogens is 244 g/mol. The molecule has 0 aromatic carbocycles. The molecule has 0 aliphatic heterocycles. The summed E-state index contributed by atoms with van der Waals surface area (Å²) in [7, 11) is 1.58. The Kier molecular flexibility index (Phi) is 7.14. The van der Waals surface area contributed by atoms with Crippen molar-refractivity contribution < 1.29 is 9.84 Å². The van der Waals surface area contributed by atoms with Crippen LogP contribution in [0, 0.1) is 6.92 Å². The molecule has 1 heterocycles. The van der Waals surface area contributed by atoms with Crippen molar-refractivity contribution in [1.29, 1.82) is 0 Å². The van der Waals surface area contributed by atoms with Crippen LogP contribution in [0.3, 0.4) is 0 Å². The number of nitrogens with zero attached hydrogens (tertiary/aromatic N) is 2. The second kappa shape index (κ2) is 8.66. The second-order valence-corrected chi connectivity index (χ2v) is 4.47. The molecule has 1 atom stereocenters. The lowest BCUT2D eigenvalue weighted by molar-refractivity contribution is 0.0615. The van der Waals surface area contributed by atoms with Gasteiger partial charge in [0.15, 0.2) is 0 Å². The Morgan fingerprint density at radius 3 is 2.79 bits per heavy atom. The van der Waals surface area contributed by atoms with Crippen LogP contribution in [0.5, 0.6) is 0 Å². The van der Waals surface area contributed by atoms with E-state index in [0.29, 0.717) is 25.5 Å². The summed E-state index contributed by atoms with van der Waals surface area (Å²) in [6.07, 6.45) is 1.20. The van der Waals surface area contributed by atoms with E-state index in [2.05, 4.69) is 27.5 Å². The fourth-order valence-corrected chi connectivity index (χ4v) is 1.62. The summed E-state index contributed by atoms with van der Waals surface area (Å²) in [6, 6.07) is 1.89. The first-order valence-electron chi connectivity index (χ1n) is 6.66. The molecule has 0 aliphatic carbocycles. The summed E-state index contributed by atoms with van der Waals surface area (Å²) in [6.45, 7) is 5.89. The Morgan fingerprint density at radius 2 is 2.11 bits per heavy atom. The van der Waals surface area contributed by atoms with Gasteiger partial charge >= 0.3 is 0 Å². The van der Waals surface area contributed by atoms with Crippen LogP contribution in [-0.4, -0.2) is 48.0 Å². The first-order valence-corrected chi connectivity index (χ1v) is 6.66. The normalized spacial score (nSPS) is 12.2. The largest absolute Gasteiger partial charge is 0.391 e. The molecule has 1 aromatic rings. The van der Waals surface area contributed by atoms with Crippen molar-refractivity contribution in [2.24, 2.45) is 0 Å². The number of aryl methyl sites for hydroxylation is 1. The Balaban J connectivity index is 2.46. The fraction of sp³-hybridized carbons (Fsp3) is 0.692. The lowest BCUT2D eigenvalue weighted by Crippen LogP contribution is -2.19. The molecule has 0 saturated carbocycles. The maximum atomic E-state index is 9.54. The Labute approximate surface area is 114 Å².